The summed E-state index contributed by atoms with van der Waals surface area (Å²) in [5, 5.41) is 18.7. The summed E-state index contributed by atoms with van der Waals surface area (Å²) in [6.07, 6.45) is 1.44. The third-order valence-corrected chi connectivity index (χ3v) is 3.79. The van der Waals surface area contributed by atoms with Crippen molar-refractivity contribution in [3.8, 4) is 17.8 Å². The van der Waals surface area contributed by atoms with Crippen LogP contribution in [0.4, 0.5) is 5.69 Å². The molecule has 0 amide bonds. The lowest BCUT2D eigenvalue weighted by atomic mass is 9.86. The molecule has 0 bridgehead atoms. The summed E-state index contributed by atoms with van der Waals surface area (Å²) in [5.41, 5.74) is 7.84. The van der Waals surface area contributed by atoms with Crippen LogP contribution in [-0.4, -0.2) is 17.6 Å². The highest BCUT2D eigenvalue weighted by molar-refractivity contribution is 5.96. The Morgan fingerprint density at radius 3 is 2.33 bits per heavy atom. The minimum Gasteiger partial charge on any atom is -0.464 e. The van der Waals surface area contributed by atoms with Crippen molar-refractivity contribution in [2.75, 3.05) is 12.8 Å². The minimum absolute atomic E-state index is 0.0353. The first kappa shape index (κ1) is 17.1. The number of carbonyl (C=O) groups is 1. The van der Waals surface area contributed by atoms with Crippen LogP contribution in [0.15, 0.2) is 24.4 Å². The third kappa shape index (κ3) is 2.82. The fraction of sp³-hybridized carbons (Fsp3) is 0.278. The van der Waals surface area contributed by atoms with Crippen LogP contribution in [0.25, 0.3) is 5.69 Å². The Bertz CT molecular complexity index is 889. The molecule has 6 nitrogen and oxygen atoms in total. The van der Waals surface area contributed by atoms with Crippen LogP contribution in [0.3, 0.4) is 0 Å². The third-order valence-electron chi connectivity index (χ3n) is 3.79. The van der Waals surface area contributed by atoms with Gasteiger partial charge in [-0.05, 0) is 23.1 Å². The van der Waals surface area contributed by atoms with Gasteiger partial charge in [0.05, 0.1) is 29.6 Å². The van der Waals surface area contributed by atoms with Crippen LogP contribution in [0.1, 0.15) is 48.0 Å². The summed E-state index contributed by atoms with van der Waals surface area (Å²) in [5.74, 6) is -0.669. The average molecular weight is 322 g/mol. The predicted octanol–water partition coefficient (Wildman–Crippen LogP) is 2.89. The summed E-state index contributed by atoms with van der Waals surface area (Å²) in [7, 11) is 1.24. The first-order chi connectivity index (χ1) is 11.2. The number of ether oxygens (including phenoxy) is 1. The molecule has 0 aliphatic heterocycles. The first-order valence-electron chi connectivity index (χ1n) is 7.28. The van der Waals surface area contributed by atoms with E-state index in [9.17, 15) is 15.3 Å². The van der Waals surface area contributed by atoms with Gasteiger partial charge in [0.1, 0.15) is 12.1 Å². The molecule has 0 saturated heterocycles. The maximum absolute atomic E-state index is 12.1. The highest BCUT2D eigenvalue weighted by Crippen LogP contribution is 2.29. The molecule has 0 aliphatic rings. The van der Waals surface area contributed by atoms with Gasteiger partial charge >= 0.3 is 5.97 Å². The lowest BCUT2D eigenvalue weighted by Crippen LogP contribution is -2.14. The minimum atomic E-state index is -0.669. The molecule has 0 spiro atoms. The van der Waals surface area contributed by atoms with Crippen LogP contribution < -0.4 is 5.73 Å². The zero-order valence-corrected chi connectivity index (χ0v) is 14.0. The number of esters is 1. The number of aromatic nitrogens is 1. The number of nitriles is 2. The number of anilines is 1. The first-order valence-corrected chi connectivity index (χ1v) is 7.28. The van der Waals surface area contributed by atoms with Crippen molar-refractivity contribution in [1.29, 1.82) is 10.5 Å². The largest absolute Gasteiger partial charge is 0.464 e. The van der Waals surface area contributed by atoms with E-state index in [1.54, 1.807) is 12.1 Å². The Kier molecular flexibility index (Phi) is 4.35. The van der Waals surface area contributed by atoms with Gasteiger partial charge in [0.15, 0.2) is 5.69 Å². The fourth-order valence-electron chi connectivity index (χ4n) is 2.41. The second kappa shape index (κ2) is 6.10. The topological polar surface area (TPSA) is 105 Å². The van der Waals surface area contributed by atoms with Crippen LogP contribution in [-0.2, 0) is 10.2 Å². The molecule has 0 saturated carbocycles. The molecule has 0 fully saturated rings. The van der Waals surface area contributed by atoms with Gasteiger partial charge in [-0.25, -0.2) is 4.79 Å². The number of carbonyl (C=O) groups excluding carboxylic acids is 1. The Morgan fingerprint density at radius 1 is 1.21 bits per heavy atom. The molecule has 1 aromatic heterocycles. The summed E-state index contributed by atoms with van der Waals surface area (Å²) >= 11 is 0. The van der Waals surface area contributed by atoms with Gasteiger partial charge in [-0.2, -0.15) is 10.5 Å². The quantitative estimate of drug-likeness (QED) is 0.856. The number of methoxy groups -OCH3 is 1. The van der Waals surface area contributed by atoms with Crippen molar-refractivity contribution in [3.05, 3.63) is 46.8 Å². The Labute approximate surface area is 140 Å². The average Bonchev–Trinajstić information content (AvgIpc) is 2.89. The lowest BCUT2D eigenvalue weighted by Gasteiger charge is -2.20. The number of rotatable bonds is 2. The molecular formula is C18H18N4O2. The molecule has 24 heavy (non-hydrogen) atoms. The molecule has 2 N–H and O–H groups in total. The number of hydrogen-bond donors (Lipinski definition) is 1. The summed E-state index contributed by atoms with van der Waals surface area (Å²) in [4.78, 5) is 12.1. The van der Waals surface area contributed by atoms with Gasteiger partial charge in [-0.1, -0.05) is 26.8 Å². The molecule has 2 rings (SSSR count). The number of benzene rings is 1. The smallest absolute Gasteiger partial charge is 0.357 e. The van der Waals surface area contributed by atoms with Gasteiger partial charge in [-0.3, -0.25) is 0 Å². The lowest BCUT2D eigenvalue weighted by molar-refractivity contribution is 0.0593. The summed E-state index contributed by atoms with van der Waals surface area (Å²) in [6.45, 7) is 6.14. The number of nitrogens with two attached hydrogens (primary N) is 1. The van der Waals surface area contributed by atoms with E-state index in [1.807, 2.05) is 32.9 Å². The number of nitrogens with zero attached hydrogens (tertiary/aromatic N) is 3. The van der Waals surface area contributed by atoms with Crippen LogP contribution >= 0.6 is 0 Å². The molecule has 6 heteroatoms. The number of nitrogen functional groups attached to an aromatic ring is 1. The van der Waals surface area contributed by atoms with Crippen molar-refractivity contribution in [3.63, 3.8) is 0 Å². The fourth-order valence-corrected chi connectivity index (χ4v) is 2.41. The number of hydrogen-bond acceptors (Lipinski definition) is 5. The van der Waals surface area contributed by atoms with Crippen LogP contribution in [0, 0.1) is 22.7 Å². The standard InChI is InChI=1S/C18H18N4O2/c1-18(2,3)13-5-6-14(11(7-13)8-19)22-10-12(9-20)15(21)16(22)17(23)24-4/h5-7,10H,21H2,1-4H3. The predicted molar refractivity (Wildman–Crippen MR) is 89.7 cm³/mol. The Balaban J connectivity index is 2.76. The van der Waals surface area contributed by atoms with Gasteiger partial charge in [0.2, 0.25) is 0 Å². The highest BCUT2D eigenvalue weighted by atomic mass is 16.5. The van der Waals surface area contributed by atoms with E-state index < -0.39 is 5.97 Å². The van der Waals surface area contributed by atoms with Crippen molar-refractivity contribution in [2.24, 2.45) is 0 Å². The van der Waals surface area contributed by atoms with Crippen molar-refractivity contribution >= 4 is 11.7 Å². The van der Waals surface area contributed by atoms with Crippen molar-refractivity contribution in [2.45, 2.75) is 26.2 Å². The zero-order chi connectivity index (χ0) is 18.1. The van der Waals surface area contributed by atoms with E-state index in [1.165, 1.54) is 17.9 Å². The molecule has 0 atom stereocenters. The maximum Gasteiger partial charge on any atom is 0.357 e. The van der Waals surface area contributed by atoms with E-state index in [-0.39, 0.29) is 22.4 Å². The molecule has 0 aliphatic carbocycles. The van der Waals surface area contributed by atoms with Gasteiger partial charge < -0.3 is 15.0 Å². The molecular weight excluding hydrogens is 304 g/mol. The van der Waals surface area contributed by atoms with Gasteiger partial charge in [0, 0.05) is 6.20 Å². The van der Waals surface area contributed by atoms with Crippen LogP contribution in [0.5, 0.6) is 0 Å². The normalized spacial score (nSPS) is 10.8. The van der Waals surface area contributed by atoms with E-state index in [4.69, 9.17) is 10.5 Å². The summed E-state index contributed by atoms with van der Waals surface area (Å²) in [6, 6.07) is 9.49. The molecule has 0 radical (unpaired) electrons. The van der Waals surface area contributed by atoms with E-state index in [0.717, 1.165) is 5.56 Å². The molecule has 1 heterocycles. The van der Waals surface area contributed by atoms with E-state index >= 15 is 0 Å². The monoisotopic (exact) mass is 322 g/mol. The summed E-state index contributed by atoms with van der Waals surface area (Å²) < 4.78 is 6.19. The molecule has 0 unspecified atom stereocenters. The SMILES string of the molecule is COC(=O)c1c(N)c(C#N)cn1-c1ccc(C(C)(C)C)cc1C#N. The van der Waals surface area contributed by atoms with Gasteiger partial charge in [0.25, 0.3) is 0 Å². The molecule has 122 valence electrons. The second-order valence-corrected chi connectivity index (χ2v) is 6.37. The van der Waals surface area contributed by atoms with Gasteiger partial charge in [-0.15, -0.1) is 0 Å². The Morgan fingerprint density at radius 2 is 1.83 bits per heavy atom. The van der Waals surface area contributed by atoms with Crippen LogP contribution in [0.2, 0.25) is 0 Å². The molecule has 2 aromatic rings. The highest BCUT2D eigenvalue weighted by Gasteiger charge is 2.24. The second-order valence-electron chi connectivity index (χ2n) is 6.37. The van der Waals surface area contributed by atoms with E-state index in [2.05, 4.69) is 6.07 Å². The Hall–Kier alpha value is -3.25. The molecule has 1 aromatic carbocycles. The van der Waals surface area contributed by atoms with E-state index in [0.29, 0.717) is 11.3 Å². The van der Waals surface area contributed by atoms with Crippen molar-refractivity contribution < 1.29 is 9.53 Å². The maximum atomic E-state index is 12.1. The zero-order valence-electron chi connectivity index (χ0n) is 14.0. The van der Waals surface area contributed by atoms with Crippen molar-refractivity contribution in [1.82, 2.24) is 4.57 Å².